The maximum Gasteiger partial charge on any atom is 0.249 e. The smallest absolute Gasteiger partial charge is 0.249 e. The van der Waals surface area contributed by atoms with E-state index in [9.17, 15) is 9.59 Å². The van der Waals surface area contributed by atoms with Crippen LogP contribution in [-0.2, 0) is 20.9 Å². The number of para-hydroxylation sites is 1. The molecule has 1 atom stereocenters. The number of hydrogen-bond donors (Lipinski definition) is 1. The Morgan fingerprint density at radius 1 is 1.06 bits per heavy atom. The molecule has 0 aliphatic carbocycles. The number of benzene rings is 3. The Hall–Kier alpha value is -4.11. The Morgan fingerprint density at radius 3 is 2.51 bits per heavy atom. The monoisotopic (exact) mass is 475 g/mol. The number of hydrogen-bond acceptors (Lipinski definition) is 5. The number of methoxy groups -OCH3 is 1. The molecule has 1 unspecified atom stereocenters. The summed E-state index contributed by atoms with van der Waals surface area (Å²) in [5, 5.41) is 11.0. The summed E-state index contributed by atoms with van der Waals surface area (Å²) in [4.78, 5) is 28.5. The highest BCUT2D eigenvalue weighted by Gasteiger charge is 2.34. The van der Waals surface area contributed by atoms with Crippen molar-refractivity contribution in [2.24, 2.45) is 0 Å². The van der Waals surface area contributed by atoms with Crippen LogP contribution in [0.3, 0.4) is 0 Å². The zero-order chi connectivity index (χ0) is 24.8. The summed E-state index contributed by atoms with van der Waals surface area (Å²) < 4.78 is 21.5. The van der Waals surface area contributed by atoms with Gasteiger partial charge in [-0.25, -0.2) is 9.07 Å². The quantitative estimate of drug-likeness (QED) is 0.375. The number of ether oxygens (including phenoxy) is 1. The molecular formula is C26H26FN5O3. The predicted octanol–water partition coefficient (Wildman–Crippen LogP) is 3.42. The summed E-state index contributed by atoms with van der Waals surface area (Å²) in [6.07, 6.45) is 0. The number of aromatic nitrogens is 3. The first-order valence-corrected chi connectivity index (χ1v) is 11.2. The fourth-order valence-electron chi connectivity index (χ4n) is 3.85. The summed E-state index contributed by atoms with van der Waals surface area (Å²) in [7, 11) is 1.52. The minimum Gasteiger partial charge on any atom is -0.383 e. The first kappa shape index (κ1) is 24.0. The molecule has 1 N–H and O–H groups in total. The maximum atomic E-state index is 15.0. The zero-order valence-electron chi connectivity index (χ0n) is 19.5. The first-order valence-electron chi connectivity index (χ1n) is 11.2. The van der Waals surface area contributed by atoms with Gasteiger partial charge in [0.15, 0.2) is 0 Å². The number of aryl methyl sites for hydroxylation is 1. The van der Waals surface area contributed by atoms with E-state index in [1.165, 1.54) is 34.9 Å². The van der Waals surface area contributed by atoms with Crippen LogP contribution in [0.15, 0.2) is 72.8 Å². The second-order valence-electron chi connectivity index (χ2n) is 8.04. The van der Waals surface area contributed by atoms with Crippen LogP contribution < -0.4 is 10.2 Å². The number of halogens is 1. The second-order valence-corrected chi connectivity index (χ2v) is 8.04. The molecule has 3 aromatic carbocycles. The van der Waals surface area contributed by atoms with E-state index in [0.29, 0.717) is 16.7 Å². The van der Waals surface area contributed by atoms with Gasteiger partial charge in [-0.15, -0.1) is 5.10 Å². The third-order valence-electron chi connectivity index (χ3n) is 5.60. The predicted molar refractivity (Wildman–Crippen MR) is 130 cm³/mol. The highest BCUT2D eigenvalue weighted by molar-refractivity contribution is 6.01. The molecule has 0 aliphatic heterocycles. The van der Waals surface area contributed by atoms with E-state index in [0.717, 1.165) is 5.56 Å². The van der Waals surface area contributed by atoms with E-state index in [1.807, 2.05) is 37.3 Å². The van der Waals surface area contributed by atoms with E-state index >= 15 is 4.39 Å². The Labute approximate surface area is 202 Å². The van der Waals surface area contributed by atoms with Crippen LogP contribution in [0.5, 0.6) is 0 Å². The van der Waals surface area contributed by atoms with Crippen LogP contribution in [0.2, 0.25) is 0 Å². The Kier molecular flexibility index (Phi) is 7.47. The molecule has 4 rings (SSSR count). The van der Waals surface area contributed by atoms with Gasteiger partial charge in [-0.1, -0.05) is 53.2 Å². The van der Waals surface area contributed by atoms with E-state index in [1.54, 1.807) is 24.3 Å². The van der Waals surface area contributed by atoms with Gasteiger partial charge in [-0.05, 0) is 37.3 Å². The highest BCUT2D eigenvalue weighted by atomic mass is 19.1. The van der Waals surface area contributed by atoms with E-state index in [4.69, 9.17) is 4.74 Å². The molecule has 35 heavy (non-hydrogen) atoms. The molecule has 1 heterocycles. The largest absolute Gasteiger partial charge is 0.383 e. The maximum absolute atomic E-state index is 15.0. The number of fused-ring (bicyclic) bond motifs is 1. The average molecular weight is 476 g/mol. The molecule has 0 aliphatic rings. The van der Waals surface area contributed by atoms with E-state index in [2.05, 4.69) is 15.6 Å². The Bertz CT molecular complexity index is 1320. The fourth-order valence-corrected chi connectivity index (χ4v) is 3.85. The van der Waals surface area contributed by atoms with Crippen molar-refractivity contribution < 1.29 is 18.7 Å². The SMILES string of the molecule is COCCNC(=O)C(c1ccccc1F)N(C(=O)Cn1nnc2ccccc21)c1ccc(C)cc1. The van der Waals surface area contributed by atoms with Gasteiger partial charge in [-0.2, -0.15) is 0 Å². The lowest BCUT2D eigenvalue weighted by molar-refractivity contribution is -0.127. The molecule has 0 radical (unpaired) electrons. The van der Waals surface area contributed by atoms with Gasteiger partial charge in [0, 0.05) is 24.9 Å². The molecular weight excluding hydrogens is 449 g/mol. The van der Waals surface area contributed by atoms with Crippen molar-refractivity contribution in [3.63, 3.8) is 0 Å². The number of nitrogens with zero attached hydrogens (tertiary/aromatic N) is 4. The molecule has 0 saturated carbocycles. The van der Waals surface area contributed by atoms with Gasteiger partial charge in [-0.3, -0.25) is 14.5 Å². The summed E-state index contributed by atoms with van der Waals surface area (Å²) in [6, 6.07) is 19.1. The third kappa shape index (κ3) is 5.36. The molecule has 0 bridgehead atoms. The van der Waals surface area contributed by atoms with Crippen LogP contribution >= 0.6 is 0 Å². The topological polar surface area (TPSA) is 89.4 Å². The van der Waals surface area contributed by atoms with Crippen LogP contribution in [0.4, 0.5) is 10.1 Å². The van der Waals surface area contributed by atoms with E-state index < -0.39 is 23.7 Å². The van der Waals surface area contributed by atoms with Gasteiger partial charge in [0.25, 0.3) is 0 Å². The third-order valence-corrected chi connectivity index (χ3v) is 5.60. The summed E-state index contributed by atoms with van der Waals surface area (Å²) in [6.45, 7) is 2.22. The molecule has 0 fully saturated rings. The minimum absolute atomic E-state index is 0.0831. The molecule has 2 amide bonds. The molecule has 9 heteroatoms. The second kappa shape index (κ2) is 10.9. The first-order chi connectivity index (χ1) is 17.0. The number of amides is 2. The molecule has 0 saturated heterocycles. The van der Waals surface area contributed by atoms with Gasteiger partial charge in [0.05, 0.1) is 12.1 Å². The molecule has 180 valence electrons. The molecule has 8 nitrogen and oxygen atoms in total. The molecule has 0 spiro atoms. The van der Waals surface area contributed by atoms with Crippen molar-refractivity contribution in [1.29, 1.82) is 0 Å². The van der Waals surface area contributed by atoms with E-state index in [-0.39, 0.29) is 25.3 Å². The lowest BCUT2D eigenvalue weighted by Gasteiger charge is -2.32. The van der Waals surface area contributed by atoms with Crippen molar-refractivity contribution in [3.8, 4) is 0 Å². The summed E-state index contributed by atoms with van der Waals surface area (Å²) in [5.74, 6) is -1.56. The number of anilines is 1. The van der Waals surface area contributed by atoms with Crippen molar-refractivity contribution in [2.75, 3.05) is 25.2 Å². The van der Waals surface area contributed by atoms with Crippen molar-refractivity contribution >= 4 is 28.5 Å². The van der Waals surface area contributed by atoms with Crippen molar-refractivity contribution in [3.05, 3.63) is 89.7 Å². The zero-order valence-corrected chi connectivity index (χ0v) is 19.5. The fraction of sp³-hybridized carbons (Fsp3) is 0.231. The lowest BCUT2D eigenvalue weighted by Crippen LogP contribution is -2.46. The minimum atomic E-state index is -1.25. The molecule has 4 aromatic rings. The standard InChI is InChI=1S/C26H26FN5O3/c1-18-11-13-19(14-12-18)32(24(33)17-31-23-10-6-5-9-22(23)29-30-31)25(26(34)28-15-16-35-2)20-7-3-4-8-21(20)27/h3-14,25H,15-17H2,1-2H3,(H,28,34). The van der Waals surface area contributed by atoms with Gasteiger partial charge in [0.2, 0.25) is 11.8 Å². The van der Waals surface area contributed by atoms with Crippen molar-refractivity contribution in [2.45, 2.75) is 19.5 Å². The number of carbonyl (C=O) groups is 2. The lowest BCUT2D eigenvalue weighted by atomic mass is 10.0. The normalized spacial score (nSPS) is 11.9. The average Bonchev–Trinajstić information content (AvgIpc) is 3.26. The van der Waals surface area contributed by atoms with Crippen LogP contribution in [0.1, 0.15) is 17.2 Å². The number of carbonyl (C=O) groups excluding carboxylic acids is 2. The molecule has 1 aromatic heterocycles. The Morgan fingerprint density at radius 2 is 1.77 bits per heavy atom. The summed E-state index contributed by atoms with van der Waals surface area (Å²) in [5.41, 5.74) is 2.84. The van der Waals surface area contributed by atoms with Crippen molar-refractivity contribution in [1.82, 2.24) is 20.3 Å². The van der Waals surface area contributed by atoms with Crippen LogP contribution in [-0.4, -0.2) is 47.1 Å². The van der Waals surface area contributed by atoms with Gasteiger partial charge >= 0.3 is 0 Å². The van der Waals surface area contributed by atoms with Gasteiger partial charge < -0.3 is 10.1 Å². The number of nitrogens with one attached hydrogen (secondary N) is 1. The van der Waals surface area contributed by atoms with Crippen LogP contribution in [0.25, 0.3) is 11.0 Å². The summed E-state index contributed by atoms with van der Waals surface area (Å²) >= 11 is 0. The highest BCUT2D eigenvalue weighted by Crippen LogP contribution is 2.30. The van der Waals surface area contributed by atoms with Crippen LogP contribution in [0, 0.1) is 12.7 Å². The van der Waals surface area contributed by atoms with Gasteiger partial charge in [0.1, 0.15) is 23.9 Å². The number of rotatable bonds is 9. The Balaban J connectivity index is 1.78.